The van der Waals surface area contributed by atoms with E-state index in [0.717, 1.165) is 22.5 Å². The minimum Gasteiger partial charge on any atom is -0.493 e. The number of nitrogens with zero attached hydrogens (tertiary/aromatic N) is 2. The fraction of sp³-hybridized carbons (Fsp3) is 0.208. The van der Waals surface area contributed by atoms with E-state index in [1.807, 2.05) is 44.2 Å². The van der Waals surface area contributed by atoms with Crippen LogP contribution < -0.4 is 20.1 Å². The van der Waals surface area contributed by atoms with Gasteiger partial charge in [-0.1, -0.05) is 12.1 Å². The number of rotatable bonds is 6. The van der Waals surface area contributed by atoms with E-state index in [4.69, 9.17) is 9.47 Å². The molecule has 160 valence electrons. The van der Waals surface area contributed by atoms with Gasteiger partial charge in [-0.05, 0) is 67.4 Å². The Balaban J connectivity index is 1.85. The maximum absolute atomic E-state index is 12.9. The van der Waals surface area contributed by atoms with Crippen LogP contribution in [0.1, 0.15) is 27.2 Å². The van der Waals surface area contributed by atoms with Gasteiger partial charge in [-0.2, -0.15) is 0 Å². The zero-order valence-corrected chi connectivity index (χ0v) is 18.1. The van der Waals surface area contributed by atoms with Crippen molar-refractivity contribution in [2.75, 3.05) is 19.5 Å². The van der Waals surface area contributed by atoms with E-state index >= 15 is 0 Å². The van der Waals surface area contributed by atoms with Crippen molar-refractivity contribution in [2.24, 2.45) is 4.99 Å². The second-order valence-corrected chi connectivity index (χ2v) is 7.01. The molecule has 0 bridgehead atoms. The molecule has 2 aromatic carbocycles. The number of aromatic nitrogens is 1. The summed E-state index contributed by atoms with van der Waals surface area (Å²) in [7, 11) is 3.08. The highest BCUT2D eigenvalue weighted by Crippen LogP contribution is 2.27. The van der Waals surface area contributed by atoms with Crippen LogP contribution >= 0.6 is 0 Å². The van der Waals surface area contributed by atoms with Crippen LogP contribution in [-0.2, 0) is 6.54 Å². The number of hydrogen-bond acceptors (Lipinski definition) is 5. The van der Waals surface area contributed by atoms with Gasteiger partial charge in [0.2, 0.25) is 5.96 Å². The Hall–Kier alpha value is -3.87. The molecule has 0 saturated carbocycles. The lowest BCUT2D eigenvalue weighted by atomic mass is 10.1. The largest absolute Gasteiger partial charge is 0.493 e. The van der Waals surface area contributed by atoms with Gasteiger partial charge in [0.1, 0.15) is 0 Å². The summed E-state index contributed by atoms with van der Waals surface area (Å²) in [6.45, 7) is 4.36. The number of pyridine rings is 1. The Bertz CT molecular complexity index is 1060. The van der Waals surface area contributed by atoms with Crippen molar-refractivity contribution in [1.29, 1.82) is 0 Å². The second-order valence-electron chi connectivity index (χ2n) is 7.01. The number of carbonyl (C=O) groups is 1. The predicted molar refractivity (Wildman–Crippen MR) is 122 cm³/mol. The lowest BCUT2D eigenvalue weighted by Gasteiger charge is -2.14. The molecule has 0 spiro atoms. The number of guanidine groups is 1. The number of hydrogen-bond donors (Lipinski definition) is 2. The molecule has 1 aromatic heterocycles. The molecule has 0 aliphatic carbocycles. The molecule has 31 heavy (non-hydrogen) atoms. The molecular weight excluding hydrogens is 392 g/mol. The highest BCUT2D eigenvalue weighted by atomic mass is 16.5. The first-order valence-corrected chi connectivity index (χ1v) is 9.81. The van der Waals surface area contributed by atoms with Gasteiger partial charge in [-0.3, -0.25) is 15.1 Å². The summed E-state index contributed by atoms with van der Waals surface area (Å²) in [6.07, 6.45) is 1.71. The molecule has 0 fully saturated rings. The third-order valence-electron chi connectivity index (χ3n) is 4.49. The molecule has 1 amide bonds. The molecule has 3 rings (SSSR count). The maximum atomic E-state index is 12.9. The van der Waals surface area contributed by atoms with E-state index in [1.165, 1.54) is 7.11 Å². The zero-order chi connectivity index (χ0) is 22.2. The topological polar surface area (TPSA) is 84.8 Å². The summed E-state index contributed by atoms with van der Waals surface area (Å²) >= 11 is 0. The quantitative estimate of drug-likeness (QED) is 0.465. The Labute approximate surface area is 182 Å². The number of nitrogens with one attached hydrogen (secondary N) is 2. The van der Waals surface area contributed by atoms with E-state index in [9.17, 15) is 4.79 Å². The summed E-state index contributed by atoms with van der Waals surface area (Å²) in [5, 5.41) is 6.07. The molecule has 7 heteroatoms. The Morgan fingerprint density at radius 1 is 0.968 bits per heavy atom. The zero-order valence-electron chi connectivity index (χ0n) is 18.1. The first-order valence-electron chi connectivity index (χ1n) is 9.81. The molecule has 0 radical (unpaired) electrons. The monoisotopic (exact) mass is 418 g/mol. The van der Waals surface area contributed by atoms with E-state index in [0.29, 0.717) is 29.6 Å². The third-order valence-corrected chi connectivity index (χ3v) is 4.49. The summed E-state index contributed by atoms with van der Waals surface area (Å²) in [4.78, 5) is 21.7. The van der Waals surface area contributed by atoms with Crippen molar-refractivity contribution in [3.05, 3.63) is 83.2 Å². The first-order chi connectivity index (χ1) is 15.0. The van der Waals surface area contributed by atoms with Crippen LogP contribution in [-0.4, -0.2) is 31.1 Å². The number of methoxy groups -OCH3 is 2. The summed E-state index contributed by atoms with van der Waals surface area (Å²) in [5.41, 5.74) is 4.27. The SMILES string of the molecule is COc1ccc(C(=O)NC(=NCc2ccccn2)Nc2cc(C)cc(C)c2)cc1OC. The molecule has 3 aromatic rings. The van der Waals surface area contributed by atoms with E-state index in [1.54, 1.807) is 31.5 Å². The molecule has 0 saturated heterocycles. The van der Waals surface area contributed by atoms with E-state index in [2.05, 4.69) is 26.7 Å². The van der Waals surface area contributed by atoms with E-state index in [-0.39, 0.29) is 5.91 Å². The predicted octanol–water partition coefficient (Wildman–Crippen LogP) is 4.11. The highest BCUT2D eigenvalue weighted by Gasteiger charge is 2.13. The molecule has 1 heterocycles. The number of aliphatic imine (C=N–C) groups is 1. The van der Waals surface area contributed by atoms with Gasteiger partial charge in [0.05, 0.1) is 26.5 Å². The van der Waals surface area contributed by atoms with Gasteiger partial charge >= 0.3 is 0 Å². The van der Waals surface area contributed by atoms with Gasteiger partial charge in [-0.25, -0.2) is 4.99 Å². The normalized spacial score (nSPS) is 11.0. The van der Waals surface area contributed by atoms with Crippen LogP contribution in [0.4, 0.5) is 5.69 Å². The summed E-state index contributed by atoms with van der Waals surface area (Å²) in [5.74, 6) is 1.04. The molecule has 0 unspecified atom stereocenters. The molecule has 0 aliphatic rings. The van der Waals surface area contributed by atoms with Crippen LogP contribution in [0, 0.1) is 13.8 Å². The molecule has 0 aliphatic heterocycles. The van der Waals surface area contributed by atoms with Crippen LogP contribution in [0.5, 0.6) is 11.5 Å². The molecular formula is C24H26N4O3. The van der Waals surface area contributed by atoms with Crippen molar-refractivity contribution in [3.63, 3.8) is 0 Å². The van der Waals surface area contributed by atoms with Gasteiger partial charge in [0.15, 0.2) is 11.5 Å². The van der Waals surface area contributed by atoms with Gasteiger partial charge < -0.3 is 14.8 Å². The van der Waals surface area contributed by atoms with Crippen molar-refractivity contribution >= 4 is 17.6 Å². The van der Waals surface area contributed by atoms with Gasteiger partial charge in [0, 0.05) is 17.4 Å². The smallest absolute Gasteiger partial charge is 0.258 e. The maximum Gasteiger partial charge on any atom is 0.258 e. The standard InChI is InChI=1S/C24H26N4O3/c1-16-11-17(2)13-20(12-16)27-24(26-15-19-7-5-6-10-25-19)28-23(29)18-8-9-21(30-3)22(14-18)31-4/h5-14H,15H2,1-4H3,(H2,26,27,28,29). The van der Waals surface area contributed by atoms with Crippen molar-refractivity contribution in [2.45, 2.75) is 20.4 Å². The Morgan fingerprint density at radius 3 is 2.35 bits per heavy atom. The second kappa shape index (κ2) is 10.2. The number of amides is 1. The van der Waals surface area contributed by atoms with Crippen molar-refractivity contribution in [1.82, 2.24) is 10.3 Å². The average molecular weight is 418 g/mol. The fourth-order valence-electron chi connectivity index (χ4n) is 3.10. The molecule has 0 atom stereocenters. The average Bonchev–Trinajstić information content (AvgIpc) is 2.77. The fourth-order valence-corrected chi connectivity index (χ4v) is 3.10. The van der Waals surface area contributed by atoms with Crippen LogP contribution in [0.3, 0.4) is 0 Å². The van der Waals surface area contributed by atoms with Crippen LogP contribution in [0.15, 0.2) is 65.8 Å². The first kappa shape index (κ1) is 21.8. The number of carbonyl (C=O) groups excluding carboxylic acids is 1. The number of aryl methyl sites for hydroxylation is 2. The van der Waals surface area contributed by atoms with Crippen molar-refractivity contribution in [3.8, 4) is 11.5 Å². The summed E-state index contributed by atoms with van der Waals surface area (Å²) < 4.78 is 10.5. The number of benzene rings is 2. The minimum atomic E-state index is -0.322. The van der Waals surface area contributed by atoms with E-state index < -0.39 is 0 Å². The van der Waals surface area contributed by atoms with Crippen LogP contribution in [0.2, 0.25) is 0 Å². The van der Waals surface area contributed by atoms with Crippen LogP contribution in [0.25, 0.3) is 0 Å². The van der Waals surface area contributed by atoms with Gasteiger partial charge in [-0.15, -0.1) is 0 Å². The number of anilines is 1. The molecule has 7 nitrogen and oxygen atoms in total. The van der Waals surface area contributed by atoms with Crippen molar-refractivity contribution < 1.29 is 14.3 Å². The third kappa shape index (κ3) is 6.05. The Kier molecular flexibility index (Phi) is 7.22. The lowest BCUT2D eigenvalue weighted by Crippen LogP contribution is -2.36. The number of ether oxygens (including phenoxy) is 2. The minimum absolute atomic E-state index is 0.320. The molecule has 2 N–H and O–H groups in total. The lowest BCUT2D eigenvalue weighted by molar-refractivity contribution is 0.0976. The van der Waals surface area contributed by atoms with Gasteiger partial charge in [0.25, 0.3) is 5.91 Å². The highest BCUT2D eigenvalue weighted by molar-refractivity contribution is 6.10. The Morgan fingerprint density at radius 2 is 1.71 bits per heavy atom. The summed E-state index contributed by atoms with van der Waals surface area (Å²) in [6, 6.07) is 16.7.